The summed E-state index contributed by atoms with van der Waals surface area (Å²) in [7, 11) is 0. The number of carbonyl (C=O) groups excluding carboxylic acids is 1. The van der Waals surface area contributed by atoms with Crippen LogP contribution in [0.5, 0.6) is 11.5 Å². The maximum Gasteiger partial charge on any atom is 0.264 e. The largest absolute Gasteiger partial charge is 0.493 e. The summed E-state index contributed by atoms with van der Waals surface area (Å²) in [6, 6.07) is 17.2. The molecule has 0 fully saturated rings. The van der Waals surface area contributed by atoms with E-state index in [-0.39, 0.29) is 12.5 Å². The van der Waals surface area contributed by atoms with Crippen LogP contribution in [0.15, 0.2) is 54.6 Å². The number of rotatable bonds is 9. The molecule has 1 amide bonds. The Kier molecular flexibility index (Phi) is 6.76. The Bertz CT molecular complexity index is 850. The number of ether oxygens (including phenoxy) is 2. The van der Waals surface area contributed by atoms with Gasteiger partial charge >= 0.3 is 0 Å². The van der Waals surface area contributed by atoms with Gasteiger partial charge in [0.15, 0.2) is 6.61 Å². The summed E-state index contributed by atoms with van der Waals surface area (Å²) in [6.45, 7) is 2.55. The Morgan fingerprint density at radius 3 is 2.48 bits per heavy atom. The highest BCUT2D eigenvalue weighted by molar-refractivity contribution is 7.15. The standard InChI is InChI=1S/C20H21N3O3S/c1-2-15-8-10-17(11-9-15)25-13-12-19-22-23-20(27-19)21-18(24)14-26-16-6-4-3-5-7-16/h3-11H,2,12-14H2,1H3,(H,21,23,24). The fourth-order valence-corrected chi connectivity index (χ4v) is 3.04. The van der Waals surface area contributed by atoms with Crippen LogP contribution in [-0.2, 0) is 17.6 Å². The molecule has 6 nitrogen and oxygen atoms in total. The van der Waals surface area contributed by atoms with Gasteiger partial charge in [0.25, 0.3) is 5.91 Å². The van der Waals surface area contributed by atoms with E-state index in [9.17, 15) is 4.79 Å². The number of nitrogens with zero attached hydrogens (tertiary/aromatic N) is 2. The number of para-hydroxylation sites is 1. The van der Waals surface area contributed by atoms with Crippen LogP contribution >= 0.6 is 11.3 Å². The van der Waals surface area contributed by atoms with E-state index in [1.165, 1.54) is 16.9 Å². The Balaban J connectivity index is 1.40. The van der Waals surface area contributed by atoms with E-state index >= 15 is 0 Å². The van der Waals surface area contributed by atoms with Crippen molar-refractivity contribution in [3.05, 3.63) is 65.2 Å². The molecule has 0 radical (unpaired) electrons. The van der Waals surface area contributed by atoms with Gasteiger partial charge < -0.3 is 9.47 Å². The number of amides is 1. The first kappa shape index (κ1) is 18.8. The lowest BCUT2D eigenvalue weighted by Gasteiger charge is -2.05. The van der Waals surface area contributed by atoms with Crippen molar-refractivity contribution in [2.75, 3.05) is 18.5 Å². The average Bonchev–Trinajstić information content (AvgIpc) is 3.15. The van der Waals surface area contributed by atoms with Crippen LogP contribution in [0.1, 0.15) is 17.5 Å². The van der Waals surface area contributed by atoms with Crippen molar-refractivity contribution >= 4 is 22.4 Å². The van der Waals surface area contributed by atoms with Crippen LogP contribution in [0.3, 0.4) is 0 Å². The van der Waals surface area contributed by atoms with Gasteiger partial charge in [0.05, 0.1) is 6.61 Å². The predicted octanol–water partition coefficient (Wildman–Crippen LogP) is 3.74. The zero-order valence-electron chi connectivity index (χ0n) is 15.1. The molecule has 0 spiro atoms. The van der Waals surface area contributed by atoms with Crippen LogP contribution in [0.25, 0.3) is 0 Å². The zero-order chi connectivity index (χ0) is 18.9. The minimum absolute atomic E-state index is 0.0736. The normalized spacial score (nSPS) is 10.4. The first-order valence-corrected chi connectivity index (χ1v) is 9.56. The van der Waals surface area contributed by atoms with Crippen molar-refractivity contribution in [2.24, 2.45) is 0 Å². The minimum atomic E-state index is -0.270. The molecule has 0 aliphatic rings. The third-order valence-corrected chi connectivity index (χ3v) is 4.64. The molecule has 0 aliphatic carbocycles. The lowest BCUT2D eigenvalue weighted by Crippen LogP contribution is -2.20. The van der Waals surface area contributed by atoms with Crippen molar-refractivity contribution in [2.45, 2.75) is 19.8 Å². The number of anilines is 1. The molecule has 3 aromatic rings. The zero-order valence-corrected chi connectivity index (χ0v) is 15.9. The van der Waals surface area contributed by atoms with Gasteiger partial charge in [-0.1, -0.05) is 48.6 Å². The van der Waals surface area contributed by atoms with Gasteiger partial charge in [0.1, 0.15) is 16.5 Å². The monoisotopic (exact) mass is 383 g/mol. The van der Waals surface area contributed by atoms with Crippen LogP contribution < -0.4 is 14.8 Å². The number of hydrogen-bond donors (Lipinski definition) is 1. The molecule has 1 heterocycles. The molecule has 7 heteroatoms. The van der Waals surface area contributed by atoms with E-state index in [2.05, 4.69) is 34.6 Å². The van der Waals surface area contributed by atoms with Crippen LogP contribution in [0, 0.1) is 0 Å². The molecule has 2 aromatic carbocycles. The average molecular weight is 383 g/mol. The van der Waals surface area contributed by atoms with Crippen LogP contribution in [0.4, 0.5) is 5.13 Å². The number of aromatic nitrogens is 2. The number of carbonyl (C=O) groups is 1. The molecule has 0 bridgehead atoms. The molecule has 1 aromatic heterocycles. The van der Waals surface area contributed by atoms with E-state index in [1.807, 2.05) is 30.3 Å². The Labute approximate surface area is 162 Å². The lowest BCUT2D eigenvalue weighted by atomic mass is 10.2. The second kappa shape index (κ2) is 9.68. The van der Waals surface area contributed by atoms with Crippen molar-refractivity contribution in [1.29, 1.82) is 0 Å². The second-order valence-corrected chi connectivity index (χ2v) is 6.81. The minimum Gasteiger partial charge on any atom is -0.493 e. The molecule has 0 saturated carbocycles. The molecule has 0 unspecified atom stereocenters. The summed E-state index contributed by atoms with van der Waals surface area (Å²) < 4.78 is 11.1. The number of nitrogens with one attached hydrogen (secondary N) is 1. The first-order valence-electron chi connectivity index (χ1n) is 8.75. The summed E-state index contributed by atoms with van der Waals surface area (Å²) in [5.41, 5.74) is 1.28. The fraction of sp³-hybridized carbons (Fsp3) is 0.250. The van der Waals surface area contributed by atoms with E-state index in [0.29, 0.717) is 23.9 Å². The molecular formula is C20H21N3O3S. The van der Waals surface area contributed by atoms with Crippen LogP contribution in [-0.4, -0.2) is 29.3 Å². The van der Waals surface area contributed by atoms with Gasteiger partial charge in [-0.05, 0) is 36.2 Å². The molecule has 0 saturated heterocycles. The van der Waals surface area contributed by atoms with E-state index in [1.54, 1.807) is 12.1 Å². The summed E-state index contributed by atoms with van der Waals surface area (Å²) in [5, 5.41) is 12.0. The van der Waals surface area contributed by atoms with Gasteiger partial charge in [-0.2, -0.15) is 0 Å². The van der Waals surface area contributed by atoms with Crippen LogP contribution in [0.2, 0.25) is 0 Å². The first-order chi connectivity index (χ1) is 13.2. The molecule has 0 aliphatic heterocycles. The van der Waals surface area contributed by atoms with Gasteiger partial charge in [0, 0.05) is 6.42 Å². The maximum atomic E-state index is 11.9. The van der Waals surface area contributed by atoms with Crippen molar-refractivity contribution in [1.82, 2.24) is 10.2 Å². The summed E-state index contributed by atoms with van der Waals surface area (Å²) in [6.07, 6.45) is 1.64. The van der Waals surface area contributed by atoms with Gasteiger partial charge in [-0.3, -0.25) is 10.1 Å². The quantitative estimate of drug-likeness (QED) is 0.609. The van der Waals surface area contributed by atoms with Crippen molar-refractivity contribution in [3.63, 3.8) is 0 Å². The summed E-state index contributed by atoms with van der Waals surface area (Å²) >= 11 is 1.33. The highest BCUT2D eigenvalue weighted by atomic mass is 32.1. The fourth-order valence-electron chi connectivity index (χ4n) is 2.30. The Hall–Kier alpha value is -2.93. The summed E-state index contributed by atoms with van der Waals surface area (Å²) in [5.74, 6) is 1.21. The maximum absolute atomic E-state index is 11.9. The molecule has 1 N–H and O–H groups in total. The van der Waals surface area contributed by atoms with Crippen molar-refractivity contribution in [3.8, 4) is 11.5 Å². The molecule has 27 heavy (non-hydrogen) atoms. The Morgan fingerprint density at radius 1 is 1.00 bits per heavy atom. The molecular weight excluding hydrogens is 362 g/mol. The van der Waals surface area contributed by atoms with Gasteiger partial charge in [-0.15, -0.1) is 10.2 Å². The summed E-state index contributed by atoms with van der Waals surface area (Å²) in [4.78, 5) is 11.9. The van der Waals surface area contributed by atoms with E-state index in [4.69, 9.17) is 9.47 Å². The highest BCUT2D eigenvalue weighted by Gasteiger charge is 2.09. The third-order valence-electron chi connectivity index (χ3n) is 3.74. The van der Waals surface area contributed by atoms with E-state index < -0.39 is 0 Å². The smallest absolute Gasteiger partial charge is 0.264 e. The SMILES string of the molecule is CCc1ccc(OCCc2nnc(NC(=O)COc3ccccc3)s2)cc1. The molecule has 140 valence electrons. The number of hydrogen-bond acceptors (Lipinski definition) is 6. The number of aryl methyl sites for hydroxylation is 1. The highest BCUT2D eigenvalue weighted by Crippen LogP contribution is 2.17. The topological polar surface area (TPSA) is 73.3 Å². The molecule has 3 rings (SSSR count). The van der Waals surface area contributed by atoms with Gasteiger partial charge in [0.2, 0.25) is 5.13 Å². The Morgan fingerprint density at radius 2 is 1.74 bits per heavy atom. The lowest BCUT2D eigenvalue weighted by molar-refractivity contribution is -0.118. The predicted molar refractivity (Wildman–Crippen MR) is 105 cm³/mol. The number of benzene rings is 2. The van der Waals surface area contributed by atoms with E-state index in [0.717, 1.165) is 17.2 Å². The third kappa shape index (κ3) is 6.07. The molecule has 0 atom stereocenters. The van der Waals surface area contributed by atoms with Gasteiger partial charge in [-0.25, -0.2) is 0 Å². The van der Waals surface area contributed by atoms with Crippen molar-refractivity contribution < 1.29 is 14.3 Å². The second-order valence-electron chi connectivity index (χ2n) is 5.75.